The molecule has 0 atom stereocenters. The SMILES string of the molecule is COc1ccccc1-c1cc(C#N)nc(Cl)n1. The van der Waals surface area contributed by atoms with Crippen molar-refractivity contribution in [3.63, 3.8) is 0 Å². The van der Waals surface area contributed by atoms with Gasteiger partial charge in [-0.3, -0.25) is 0 Å². The number of nitriles is 1. The van der Waals surface area contributed by atoms with Crippen LogP contribution in [0.2, 0.25) is 5.28 Å². The predicted molar refractivity (Wildman–Crippen MR) is 63.7 cm³/mol. The molecule has 84 valence electrons. The molecule has 0 spiro atoms. The first kappa shape index (κ1) is 11.4. The number of nitrogens with zero attached hydrogens (tertiary/aromatic N) is 3. The van der Waals surface area contributed by atoms with Gasteiger partial charge in [0.2, 0.25) is 5.28 Å². The van der Waals surface area contributed by atoms with Crippen molar-refractivity contribution in [2.45, 2.75) is 0 Å². The van der Waals surface area contributed by atoms with Crippen LogP contribution in [0.25, 0.3) is 11.3 Å². The highest BCUT2D eigenvalue weighted by molar-refractivity contribution is 6.28. The van der Waals surface area contributed by atoms with E-state index in [0.29, 0.717) is 11.4 Å². The molecular formula is C12H8ClN3O. The minimum Gasteiger partial charge on any atom is -0.496 e. The van der Waals surface area contributed by atoms with Crippen LogP contribution in [-0.2, 0) is 0 Å². The van der Waals surface area contributed by atoms with Gasteiger partial charge in [-0.15, -0.1) is 0 Å². The smallest absolute Gasteiger partial charge is 0.224 e. The number of halogens is 1. The normalized spacial score (nSPS) is 9.71. The lowest BCUT2D eigenvalue weighted by atomic mass is 10.1. The second-order valence-corrected chi connectivity index (χ2v) is 3.56. The van der Waals surface area contributed by atoms with Gasteiger partial charge < -0.3 is 4.74 Å². The van der Waals surface area contributed by atoms with E-state index < -0.39 is 0 Å². The third kappa shape index (κ3) is 2.35. The van der Waals surface area contributed by atoms with Crippen molar-refractivity contribution in [2.75, 3.05) is 7.11 Å². The van der Waals surface area contributed by atoms with Gasteiger partial charge in [0, 0.05) is 11.6 Å². The van der Waals surface area contributed by atoms with Crippen LogP contribution in [0.3, 0.4) is 0 Å². The Kier molecular flexibility index (Phi) is 3.22. The number of benzene rings is 1. The van der Waals surface area contributed by atoms with Crippen LogP contribution in [0.4, 0.5) is 0 Å². The molecule has 1 aromatic carbocycles. The molecule has 0 aliphatic heterocycles. The first-order valence-electron chi connectivity index (χ1n) is 4.82. The number of hydrogen-bond donors (Lipinski definition) is 0. The Morgan fingerprint density at radius 3 is 2.76 bits per heavy atom. The molecule has 1 aromatic heterocycles. The van der Waals surface area contributed by atoms with Crippen molar-refractivity contribution in [1.82, 2.24) is 9.97 Å². The number of ether oxygens (including phenoxy) is 1. The Morgan fingerprint density at radius 1 is 1.29 bits per heavy atom. The van der Waals surface area contributed by atoms with Gasteiger partial charge in [-0.1, -0.05) is 12.1 Å². The quantitative estimate of drug-likeness (QED) is 0.764. The highest BCUT2D eigenvalue weighted by atomic mass is 35.5. The molecule has 0 aliphatic carbocycles. The van der Waals surface area contributed by atoms with Gasteiger partial charge >= 0.3 is 0 Å². The molecular weight excluding hydrogens is 238 g/mol. The van der Waals surface area contributed by atoms with Crippen LogP contribution in [0, 0.1) is 11.3 Å². The summed E-state index contributed by atoms with van der Waals surface area (Å²) in [6.07, 6.45) is 0. The number of rotatable bonds is 2. The Morgan fingerprint density at radius 2 is 2.06 bits per heavy atom. The van der Waals surface area contributed by atoms with E-state index in [2.05, 4.69) is 9.97 Å². The van der Waals surface area contributed by atoms with Gasteiger partial charge in [-0.2, -0.15) is 5.26 Å². The van der Waals surface area contributed by atoms with Gasteiger partial charge in [0.15, 0.2) is 0 Å². The molecule has 0 saturated heterocycles. The molecule has 0 amide bonds. The lowest BCUT2D eigenvalue weighted by Gasteiger charge is -2.07. The van der Waals surface area contributed by atoms with Gasteiger partial charge in [-0.05, 0) is 23.7 Å². The maximum Gasteiger partial charge on any atom is 0.224 e. The molecule has 1 heterocycles. The Labute approximate surface area is 103 Å². The van der Waals surface area contributed by atoms with E-state index in [-0.39, 0.29) is 11.0 Å². The summed E-state index contributed by atoms with van der Waals surface area (Å²) in [7, 11) is 1.58. The maximum absolute atomic E-state index is 8.83. The zero-order valence-corrected chi connectivity index (χ0v) is 9.77. The predicted octanol–water partition coefficient (Wildman–Crippen LogP) is 2.68. The summed E-state index contributed by atoms with van der Waals surface area (Å²) in [6.45, 7) is 0. The van der Waals surface area contributed by atoms with E-state index >= 15 is 0 Å². The third-order valence-electron chi connectivity index (χ3n) is 2.20. The average molecular weight is 246 g/mol. The molecule has 0 aliphatic rings. The number of hydrogen-bond acceptors (Lipinski definition) is 4. The van der Waals surface area contributed by atoms with Crippen LogP contribution in [0.5, 0.6) is 5.75 Å². The monoisotopic (exact) mass is 245 g/mol. The third-order valence-corrected chi connectivity index (χ3v) is 2.37. The zero-order valence-electron chi connectivity index (χ0n) is 9.01. The van der Waals surface area contributed by atoms with Crippen molar-refractivity contribution in [3.8, 4) is 23.1 Å². The van der Waals surface area contributed by atoms with Gasteiger partial charge in [0.05, 0.1) is 12.8 Å². The van der Waals surface area contributed by atoms with Gasteiger partial charge in [-0.25, -0.2) is 9.97 Å². The Bertz CT molecular complexity index is 593. The summed E-state index contributed by atoms with van der Waals surface area (Å²) < 4.78 is 5.23. The van der Waals surface area contributed by atoms with Crippen molar-refractivity contribution < 1.29 is 4.74 Å². The molecule has 0 N–H and O–H groups in total. The van der Waals surface area contributed by atoms with Crippen molar-refractivity contribution >= 4 is 11.6 Å². The van der Waals surface area contributed by atoms with Crippen molar-refractivity contribution in [2.24, 2.45) is 0 Å². The minimum absolute atomic E-state index is 0.0463. The summed E-state index contributed by atoms with van der Waals surface area (Å²) in [4.78, 5) is 7.87. The van der Waals surface area contributed by atoms with Crippen molar-refractivity contribution in [1.29, 1.82) is 5.26 Å². The van der Waals surface area contributed by atoms with Gasteiger partial charge in [0.25, 0.3) is 0 Å². The number of aromatic nitrogens is 2. The molecule has 0 saturated carbocycles. The molecule has 0 bridgehead atoms. The van der Waals surface area contributed by atoms with Crippen LogP contribution in [0.15, 0.2) is 30.3 Å². The molecule has 17 heavy (non-hydrogen) atoms. The largest absolute Gasteiger partial charge is 0.496 e. The summed E-state index contributed by atoms with van der Waals surface area (Å²) in [5, 5.41) is 8.88. The first-order valence-corrected chi connectivity index (χ1v) is 5.20. The van der Waals surface area contributed by atoms with E-state index in [1.54, 1.807) is 13.2 Å². The van der Waals surface area contributed by atoms with Gasteiger partial charge in [0.1, 0.15) is 17.5 Å². The lowest BCUT2D eigenvalue weighted by molar-refractivity contribution is 0.416. The van der Waals surface area contributed by atoms with Crippen LogP contribution >= 0.6 is 11.6 Å². The van der Waals surface area contributed by atoms with Crippen LogP contribution in [-0.4, -0.2) is 17.1 Å². The summed E-state index contributed by atoms with van der Waals surface area (Å²) in [5.74, 6) is 0.672. The first-order chi connectivity index (χ1) is 8.24. The maximum atomic E-state index is 8.83. The van der Waals surface area contributed by atoms with E-state index in [9.17, 15) is 0 Å². The summed E-state index contributed by atoms with van der Waals surface area (Å²) >= 11 is 5.76. The topological polar surface area (TPSA) is 58.8 Å². The fraction of sp³-hybridized carbons (Fsp3) is 0.0833. The lowest BCUT2D eigenvalue weighted by Crippen LogP contribution is -1.94. The minimum atomic E-state index is 0.0463. The standard InChI is InChI=1S/C12H8ClN3O/c1-17-11-5-3-2-4-9(11)10-6-8(7-14)15-12(13)16-10/h2-6H,1H3. The highest BCUT2D eigenvalue weighted by Gasteiger charge is 2.09. The second-order valence-electron chi connectivity index (χ2n) is 3.22. The Balaban J connectivity index is 2.60. The second kappa shape index (κ2) is 4.81. The molecule has 5 heteroatoms. The zero-order chi connectivity index (χ0) is 12.3. The highest BCUT2D eigenvalue weighted by Crippen LogP contribution is 2.28. The molecule has 0 fully saturated rings. The van der Waals surface area contributed by atoms with E-state index in [1.807, 2.05) is 30.3 Å². The fourth-order valence-electron chi connectivity index (χ4n) is 1.47. The Hall–Kier alpha value is -2.12. The molecule has 4 nitrogen and oxygen atoms in total. The summed E-state index contributed by atoms with van der Waals surface area (Å²) in [5.41, 5.74) is 1.57. The van der Waals surface area contributed by atoms with E-state index in [4.69, 9.17) is 21.6 Å². The molecule has 0 radical (unpaired) electrons. The molecule has 2 aromatic rings. The fourth-order valence-corrected chi connectivity index (χ4v) is 1.65. The number of para-hydroxylation sites is 1. The molecule has 2 rings (SSSR count). The average Bonchev–Trinajstić information content (AvgIpc) is 2.37. The molecule has 0 unspecified atom stereocenters. The van der Waals surface area contributed by atoms with Crippen LogP contribution in [0.1, 0.15) is 5.69 Å². The number of methoxy groups -OCH3 is 1. The summed E-state index contributed by atoms with van der Waals surface area (Å²) in [6, 6.07) is 10.9. The van der Waals surface area contributed by atoms with Crippen LogP contribution < -0.4 is 4.74 Å². The van der Waals surface area contributed by atoms with E-state index in [0.717, 1.165) is 5.56 Å². The van der Waals surface area contributed by atoms with E-state index in [1.165, 1.54) is 0 Å². The van der Waals surface area contributed by atoms with Crippen molar-refractivity contribution in [3.05, 3.63) is 41.3 Å².